The number of aromatic nitrogens is 1. The summed E-state index contributed by atoms with van der Waals surface area (Å²) in [5.74, 6) is -1.20. The van der Waals surface area contributed by atoms with Crippen LogP contribution < -0.4 is 0 Å². The molecule has 0 saturated carbocycles. The van der Waals surface area contributed by atoms with Crippen molar-refractivity contribution in [1.29, 1.82) is 0 Å². The molecule has 1 saturated heterocycles. The van der Waals surface area contributed by atoms with E-state index >= 15 is 0 Å². The van der Waals surface area contributed by atoms with Crippen molar-refractivity contribution >= 4 is 50.8 Å². The Morgan fingerprint density at radius 3 is 2.24 bits per heavy atom. The predicted molar refractivity (Wildman–Crippen MR) is 114 cm³/mol. The van der Waals surface area contributed by atoms with Gasteiger partial charge in [-0.2, -0.15) is 0 Å². The largest absolute Gasteiger partial charge is 0.342 e. The van der Waals surface area contributed by atoms with Crippen LogP contribution in [-0.2, 0) is 16.1 Å². The molecule has 4 rings (SSSR count). The second-order valence-corrected chi connectivity index (χ2v) is 7.84. The lowest BCUT2D eigenvalue weighted by molar-refractivity contribution is -0.134. The fourth-order valence-electron chi connectivity index (χ4n) is 3.45. The average Bonchev–Trinajstić information content (AvgIpc) is 3.05. The van der Waals surface area contributed by atoms with Gasteiger partial charge in [0.1, 0.15) is 5.57 Å². The fraction of sp³-hybridized carbons (Fsp3) is 0.136. The summed E-state index contributed by atoms with van der Waals surface area (Å²) in [6.07, 6.45) is 3.49. The smallest absolute Gasteiger partial charge is 0.333 e. The maximum Gasteiger partial charge on any atom is 0.333 e. The Kier molecular flexibility index (Phi) is 4.84. The van der Waals surface area contributed by atoms with Crippen molar-refractivity contribution in [3.05, 3.63) is 75.9 Å². The fourth-order valence-corrected chi connectivity index (χ4v) is 3.81. The van der Waals surface area contributed by atoms with Crippen LogP contribution in [0.15, 0.2) is 64.8 Å². The lowest BCUT2D eigenvalue weighted by atomic mass is 10.1. The van der Waals surface area contributed by atoms with E-state index < -0.39 is 17.8 Å². The van der Waals surface area contributed by atoms with Gasteiger partial charge in [-0.1, -0.05) is 46.3 Å². The first-order chi connectivity index (χ1) is 13.9. The van der Waals surface area contributed by atoms with Gasteiger partial charge in [0.25, 0.3) is 11.8 Å². The number of hydrogen-bond donors (Lipinski definition) is 0. The van der Waals surface area contributed by atoms with E-state index in [1.54, 1.807) is 6.08 Å². The van der Waals surface area contributed by atoms with Gasteiger partial charge in [0.05, 0.1) is 0 Å². The van der Waals surface area contributed by atoms with Crippen LogP contribution in [0, 0.1) is 0 Å². The van der Waals surface area contributed by atoms with E-state index in [1.807, 2.05) is 54.7 Å². The summed E-state index contributed by atoms with van der Waals surface area (Å²) in [4.78, 5) is 39.0. The number of carbonyl (C=O) groups is 3. The Morgan fingerprint density at radius 2 is 1.59 bits per heavy atom. The van der Waals surface area contributed by atoms with E-state index in [2.05, 4.69) is 20.5 Å². The quantitative estimate of drug-likeness (QED) is 0.448. The van der Waals surface area contributed by atoms with Gasteiger partial charge in [-0.25, -0.2) is 4.79 Å². The topological polar surface area (TPSA) is 62.6 Å². The highest BCUT2D eigenvalue weighted by molar-refractivity contribution is 9.10. The van der Waals surface area contributed by atoms with Crippen LogP contribution in [0.5, 0.6) is 0 Å². The Morgan fingerprint density at radius 1 is 0.931 bits per heavy atom. The number of carbonyl (C=O) groups excluding carboxylic acids is 3. The van der Waals surface area contributed by atoms with Crippen LogP contribution in [-0.4, -0.2) is 46.3 Å². The molecule has 0 unspecified atom stereocenters. The number of nitrogens with zero attached hydrogens (tertiary/aromatic N) is 3. The Hall–Kier alpha value is -3.19. The molecule has 0 aliphatic carbocycles. The van der Waals surface area contributed by atoms with Gasteiger partial charge in [-0.3, -0.25) is 19.4 Å². The standard InChI is InChI=1S/C22H18BrN3O3/c1-24-20(27)18(21(28)25(2)22(24)29)10-15-13-26(12-14-6-4-3-5-7-14)19-9-8-16(23)11-17(15)19/h3-11,13H,12H2,1-2H3. The average molecular weight is 452 g/mol. The summed E-state index contributed by atoms with van der Waals surface area (Å²) >= 11 is 3.49. The first-order valence-electron chi connectivity index (χ1n) is 9.01. The molecule has 2 heterocycles. The van der Waals surface area contributed by atoms with Crippen molar-refractivity contribution in [2.24, 2.45) is 0 Å². The molecule has 1 aromatic heterocycles. The van der Waals surface area contributed by atoms with Crippen molar-refractivity contribution in [2.45, 2.75) is 6.54 Å². The Bertz CT molecular complexity index is 1150. The summed E-state index contributed by atoms with van der Waals surface area (Å²) in [6.45, 7) is 0.655. The lowest BCUT2D eigenvalue weighted by Gasteiger charge is -2.28. The van der Waals surface area contributed by atoms with Crippen LogP contribution >= 0.6 is 15.9 Å². The van der Waals surface area contributed by atoms with Crippen LogP contribution in [0.25, 0.3) is 17.0 Å². The third-order valence-corrected chi connectivity index (χ3v) is 5.51. The molecule has 0 radical (unpaired) electrons. The number of likely N-dealkylation sites (N-methyl/N-ethyl adjacent to an activating group) is 2. The minimum atomic E-state index is -0.633. The normalized spacial score (nSPS) is 14.9. The third-order valence-electron chi connectivity index (χ3n) is 5.01. The molecule has 0 N–H and O–H groups in total. The summed E-state index contributed by atoms with van der Waals surface area (Å²) in [7, 11) is 2.74. The third kappa shape index (κ3) is 3.38. The van der Waals surface area contributed by atoms with E-state index in [9.17, 15) is 14.4 Å². The van der Waals surface area contributed by atoms with Crippen molar-refractivity contribution < 1.29 is 14.4 Å². The zero-order valence-electron chi connectivity index (χ0n) is 15.9. The second kappa shape index (κ2) is 7.33. The van der Waals surface area contributed by atoms with Gasteiger partial charge < -0.3 is 4.57 Å². The number of rotatable bonds is 3. The Labute approximate surface area is 176 Å². The van der Waals surface area contributed by atoms with E-state index in [1.165, 1.54) is 14.1 Å². The molecule has 0 bridgehead atoms. The van der Waals surface area contributed by atoms with Gasteiger partial charge in [-0.05, 0) is 29.8 Å². The first kappa shape index (κ1) is 19.1. The summed E-state index contributed by atoms with van der Waals surface area (Å²) < 4.78 is 2.98. The minimum absolute atomic E-state index is 0.0339. The monoisotopic (exact) mass is 451 g/mol. The first-order valence-corrected chi connectivity index (χ1v) is 9.80. The Balaban J connectivity index is 1.84. The number of halogens is 1. The van der Waals surface area contributed by atoms with Crippen LogP contribution in [0.3, 0.4) is 0 Å². The lowest BCUT2D eigenvalue weighted by Crippen LogP contribution is -2.52. The number of amides is 4. The second-order valence-electron chi connectivity index (χ2n) is 6.93. The van der Waals surface area contributed by atoms with E-state index in [-0.39, 0.29) is 5.57 Å². The van der Waals surface area contributed by atoms with Crippen molar-refractivity contribution in [2.75, 3.05) is 14.1 Å². The number of urea groups is 1. The van der Waals surface area contributed by atoms with Crippen molar-refractivity contribution in [3.63, 3.8) is 0 Å². The molecular weight excluding hydrogens is 434 g/mol. The van der Waals surface area contributed by atoms with Crippen LogP contribution in [0.2, 0.25) is 0 Å². The molecule has 1 fully saturated rings. The predicted octanol–water partition coefficient (Wildman–Crippen LogP) is 3.89. The molecular formula is C22H18BrN3O3. The zero-order valence-corrected chi connectivity index (χ0v) is 17.5. The number of hydrogen-bond acceptors (Lipinski definition) is 3. The highest BCUT2D eigenvalue weighted by Crippen LogP contribution is 2.29. The molecule has 7 heteroatoms. The number of imide groups is 2. The van der Waals surface area contributed by atoms with E-state index in [0.717, 1.165) is 36.3 Å². The zero-order chi connectivity index (χ0) is 20.7. The number of benzene rings is 2. The summed E-state index contributed by atoms with van der Waals surface area (Å²) in [5, 5.41) is 0.908. The maximum atomic E-state index is 12.6. The van der Waals surface area contributed by atoms with E-state index in [4.69, 9.17) is 0 Å². The molecule has 2 aromatic carbocycles. The van der Waals surface area contributed by atoms with Crippen molar-refractivity contribution in [1.82, 2.24) is 14.4 Å². The minimum Gasteiger partial charge on any atom is -0.342 e. The molecule has 1 aliphatic heterocycles. The van der Waals surface area contributed by atoms with E-state index in [0.29, 0.717) is 6.54 Å². The van der Waals surface area contributed by atoms with Crippen LogP contribution in [0.4, 0.5) is 4.79 Å². The summed E-state index contributed by atoms with van der Waals surface area (Å²) in [5.41, 5.74) is 2.83. The number of barbiturate groups is 1. The van der Waals surface area contributed by atoms with Gasteiger partial charge in [0.15, 0.2) is 0 Å². The molecule has 6 nitrogen and oxygen atoms in total. The van der Waals surface area contributed by atoms with Gasteiger partial charge in [-0.15, -0.1) is 0 Å². The number of fused-ring (bicyclic) bond motifs is 1. The van der Waals surface area contributed by atoms with Gasteiger partial charge in [0.2, 0.25) is 0 Å². The maximum absolute atomic E-state index is 12.6. The molecule has 4 amide bonds. The SMILES string of the molecule is CN1C(=O)C(=Cc2cn(Cc3ccccc3)c3ccc(Br)cc23)C(=O)N(C)C1=O. The highest BCUT2D eigenvalue weighted by atomic mass is 79.9. The van der Waals surface area contributed by atoms with Gasteiger partial charge >= 0.3 is 6.03 Å². The van der Waals surface area contributed by atoms with Crippen LogP contribution in [0.1, 0.15) is 11.1 Å². The van der Waals surface area contributed by atoms with Gasteiger partial charge in [0, 0.05) is 47.8 Å². The molecule has 146 valence electrons. The molecule has 29 heavy (non-hydrogen) atoms. The molecule has 1 aliphatic rings. The highest BCUT2D eigenvalue weighted by Gasteiger charge is 2.37. The molecule has 0 spiro atoms. The molecule has 3 aromatic rings. The molecule has 0 atom stereocenters. The van der Waals surface area contributed by atoms with Crippen molar-refractivity contribution in [3.8, 4) is 0 Å². The summed E-state index contributed by atoms with van der Waals surface area (Å²) in [6, 6.07) is 15.3.